The monoisotopic (exact) mass is 264 g/mol. The lowest BCUT2D eigenvalue weighted by Crippen LogP contribution is -2.29. The molecule has 48 valence electrons. The van der Waals surface area contributed by atoms with E-state index in [-0.39, 0.29) is 6.65 Å². The summed E-state index contributed by atoms with van der Waals surface area (Å²) >= 11 is 0. The first-order valence-corrected chi connectivity index (χ1v) is 8.45. The molecule has 0 aromatic heterocycles. The molecule has 0 aromatic carbocycles. The van der Waals surface area contributed by atoms with E-state index in [2.05, 4.69) is 41.0 Å². The van der Waals surface area contributed by atoms with Crippen molar-refractivity contribution in [2.24, 2.45) is 0 Å². The molecule has 0 N–H and O–H groups in total. The molecule has 10 heavy (non-hydrogen) atoms. The summed E-state index contributed by atoms with van der Waals surface area (Å²) in [5.41, 5.74) is 0. The molecule has 0 bridgehead atoms. The highest BCUT2D eigenvalue weighted by atomic mass is 33.2. The predicted molar refractivity (Wildman–Crippen MR) is 58.8 cm³/mol. The number of hydrogen-bond acceptors (Lipinski definition) is 4. The first kappa shape index (κ1) is 10.3. The van der Waals surface area contributed by atoms with Crippen LogP contribution in [-0.2, 0) is 0 Å². The topological polar surface area (TPSA) is 0 Å². The molecule has 12 radical (unpaired) electrons. The van der Waals surface area contributed by atoms with E-state index in [0.717, 1.165) is 0 Å². The Labute approximate surface area is 90.1 Å². The lowest BCUT2D eigenvalue weighted by atomic mass is 11.8. The van der Waals surface area contributed by atoms with Gasteiger partial charge in [0.15, 0.2) is 0 Å². The lowest BCUT2D eigenvalue weighted by molar-refractivity contribution is 1.81. The van der Waals surface area contributed by atoms with Gasteiger partial charge in [-0.25, -0.2) is 0 Å². The van der Waals surface area contributed by atoms with Crippen LogP contribution in [0, 0.1) is 0 Å². The van der Waals surface area contributed by atoms with Crippen molar-refractivity contribution in [1.29, 1.82) is 0 Å². The predicted octanol–water partition coefficient (Wildman–Crippen LogP) is 0.659. The Morgan fingerprint density at radius 3 is 1.00 bits per heavy atom. The maximum absolute atomic E-state index is 3.55. The van der Waals surface area contributed by atoms with Crippen molar-refractivity contribution in [3.05, 3.63) is 0 Å². The molecule has 1 saturated heterocycles. The van der Waals surface area contributed by atoms with E-state index in [1.807, 2.05) is 0 Å². The van der Waals surface area contributed by atoms with Gasteiger partial charge in [-0.05, 0) is 0 Å². The summed E-state index contributed by atoms with van der Waals surface area (Å²) in [6, 6.07) is 0. The summed E-state index contributed by atoms with van der Waals surface area (Å²) in [6.45, 7) is 0. The molecule has 0 aromatic rings. The van der Waals surface area contributed by atoms with E-state index in [1.54, 1.807) is 43.2 Å². The van der Waals surface area contributed by atoms with Gasteiger partial charge in [0, 0.05) is 0 Å². The first-order chi connectivity index (χ1) is 4.41. The molecule has 0 saturated carbocycles. The minimum absolute atomic E-state index is 0.0574. The fourth-order valence-corrected chi connectivity index (χ4v) is 8.59. The van der Waals surface area contributed by atoms with E-state index in [9.17, 15) is 0 Å². The Hall–Kier alpha value is 2.27. The first-order valence-electron chi connectivity index (χ1n) is 2.15. The van der Waals surface area contributed by atoms with Gasteiger partial charge in [0.05, 0.1) is 47.6 Å². The van der Waals surface area contributed by atoms with Crippen molar-refractivity contribution in [1.82, 2.24) is 0 Å². The van der Waals surface area contributed by atoms with Gasteiger partial charge in [-0.15, -0.1) is 0 Å². The zero-order chi connectivity index (χ0) is 7.83. The van der Waals surface area contributed by atoms with Gasteiger partial charge in [-0.3, -0.25) is 0 Å². The van der Waals surface area contributed by atoms with Crippen LogP contribution in [0.2, 0.25) is 0 Å². The molecule has 1 aliphatic heterocycles. The fraction of sp³-hybridized carbons (Fsp3) is 1.00. The van der Waals surface area contributed by atoms with Crippen LogP contribution in [0.1, 0.15) is 0 Å². The van der Waals surface area contributed by atoms with Crippen LogP contribution >= 0.6 is 43.2 Å². The van der Waals surface area contributed by atoms with Crippen molar-refractivity contribution < 1.29 is 0 Å². The van der Waals surface area contributed by atoms with Crippen molar-refractivity contribution in [3.8, 4) is 0 Å². The molecule has 1 rings (SSSR count). The molecule has 1 fully saturated rings. The average Bonchev–Trinajstić information content (AvgIpc) is 1.79. The second kappa shape index (κ2) is 3.56. The quantitative estimate of drug-likeness (QED) is 0.465. The van der Waals surface area contributed by atoms with Crippen LogP contribution in [0.4, 0.5) is 0 Å². The Morgan fingerprint density at radius 2 is 0.800 bits per heavy atom. The highest BCUT2D eigenvalue weighted by Gasteiger charge is 2.34. The van der Waals surface area contributed by atoms with Crippen molar-refractivity contribution in [3.63, 3.8) is 0 Å². The summed E-state index contributed by atoms with van der Waals surface area (Å²) in [5, 5.41) is 0. The van der Waals surface area contributed by atoms with Gasteiger partial charge < -0.3 is 0 Å². The zero-order valence-electron chi connectivity index (χ0n) is 4.63. The average molecular weight is 265 g/mol. The van der Waals surface area contributed by atoms with Gasteiger partial charge >= 0.3 is 0 Å². The van der Waals surface area contributed by atoms with Gasteiger partial charge in [0.2, 0.25) is 0 Å². The molecule has 0 amide bonds. The van der Waals surface area contributed by atoms with Gasteiger partial charge in [0.25, 0.3) is 0 Å². The van der Waals surface area contributed by atoms with Crippen molar-refractivity contribution >= 4 is 84.1 Å². The molecular weight excluding hydrogens is 265 g/mol. The third-order valence-electron chi connectivity index (χ3n) is 0.553. The Kier molecular flexibility index (Phi) is 3.68. The van der Waals surface area contributed by atoms with Crippen LogP contribution < -0.4 is 0 Å². The van der Waals surface area contributed by atoms with E-state index >= 15 is 0 Å². The van der Waals surface area contributed by atoms with Gasteiger partial charge in [-0.1, -0.05) is 43.2 Å². The number of rotatable bonds is 0. The number of hydrogen-bond donors (Lipinski definition) is 0. The minimum atomic E-state index is -0.0574. The van der Waals surface area contributed by atoms with Gasteiger partial charge in [-0.2, -0.15) is 0 Å². The molecule has 0 nitrogen and oxygen atoms in total. The summed E-state index contributed by atoms with van der Waals surface area (Å²) in [5.74, 6) is 0. The van der Waals surface area contributed by atoms with Gasteiger partial charge in [0.1, 0.15) is 0 Å². The zero-order valence-corrected chi connectivity index (χ0v) is 11.9. The van der Waals surface area contributed by atoms with Crippen LogP contribution in [0.5, 0.6) is 0 Å². The molecule has 1 aliphatic rings. The Balaban J connectivity index is 2.46. The molecule has 0 aliphatic carbocycles. The van der Waals surface area contributed by atoms with E-state index in [1.165, 1.54) is 0 Å². The van der Waals surface area contributed by atoms with E-state index in [4.69, 9.17) is 0 Å². The summed E-state index contributed by atoms with van der Waals surface area (Å²) in [4.78, 5) is 0. The lowest BCUT2D eigenvalue weighted by Gasteiger charge is -2.35. The smallest absolute Gasteiger partial charge is 0.0578 e. The maximum atomic E-state index is 3.55. The SMILES string of the molecule is [Si]C1([Si])SSC([Si])([Si])SS1. The largest absolute Gasteiger partial charge is 0.0833 e. The van der Waals surface area contributed by atoms with E-state index < -0.39 is 0 Å². The normalized spacial score (nSPS) is 30.0. The van der Waals surface area contributed by atoms with Crippen molar-refractivity contribution in [2.75, 3.05) is 0 Å². The highest BCUT2D eigenvalue weighted by Crippen LogP contribution is 2.60. The molecule has 0 unspecified atom stereocenters. The summed E-state index contributed by atoms with van der Waals surface area (Å²) in [7, 11) is 21.1. The second-order valence-corrected chi connectivity index (χ2v) is 14.1. The molecular formula is C2S4Si4. The standard InChI is InChI=1S/C2S4Si4/c7-1(8)3-5-2(9,10)6-4-1. The Bertz CT molecular complexity index is 107. The molecule has 1 heterocycles. The summed E-state index contributed by atoms with van der Waals surface area (Å²) < 4.78 is -0.115. The molecule has 0 spiro atoms. The second-order valence-electron chi connectivity index (χ2n) is 1.57. The van der Waals surface area contributed by atoms with Crippen LogP contribution in [-0.4, -0.2) is 47.6 Å². The van der Waals surface area contributed by atoms with Crippen LogP contribution in [0.25, 0.3) is 0 Å². The van der Waals surface area contributed by atoms with E-state index in [0.29, 0.717) is 0 Å². The maximum Gasteiger partial charge on any atom is 0.0578 e. The third kappa shape index (κ3) is 3.33. The minimum Gasteiger partial charge on any atom is -0.0833 e. The van der Waals surface area contributed by atoms with Crippen LogP contribution in [0.15, 0.2) is 0 Å². The molecule has 0 atom stereocenters. The molecule has 8 heteroatoms. The summed E-state index contributed by atoms with van der Waals surface area (Å²) in [6.07, 6.45) is 0. The highest BCUT2D eigenvalue weighted by molar-refractivity contribution is 8.95. The third-order valence-corrected chi connectivity index (χ3v) is 13.4. The van der Waals surface area contributed by atoms with Crippen LogP contribution in [0.3, 0.4) is 0 Å². The van der Waals surface area contributed by atoms with Crippen molar-refractivity contribution in [2.45, 2.75) is 6.65 Å². The Morgan fingerprint density at radius 1 is 0.600 bits per heavy atom. The fourth-order valence-electron chi connectivity index (χ4n) is 0.262.